The van der Waals surface area contributed by atoms with E-state index >= 15 is 0 Å². The molecular formula is C23H21ClN2O4S2. The van der Waals surface area contributed by atoms with Crippen molar-refractivity contribution in [3.8, 4) is 0 Å². The van der Waals surface area contributed by atoms with Gasteiger partial charge in [0.25, 0.3) is 5.91 Å². The summed E-state index contributed by atoms with van der Waals surface area (Å²) in [6.07, 6.45) is 0. The van der Waals surface area contributed by atoms with Crippen LogP contribution in [0, 0.1) is 0 Å². The third kappa shape index (κ3) is 4.57. The molecular weight excluding hydrogens is 468 g/mol. The van der Waals surface area contributed by atoms with E-state index in [4.69, 9.17) is 11.6 Å². The molecule has 2 aromatic carbocycles. The molecule has 0 atom stereocenters. The van der Waals surface area contributed by atoms with E-state index in [2.05, 4.69) is 4.90 Å². The molecule has 0 N–H and O–H groups in total. The fourth-order valence-corrected chi connectivity index (χ4v) is 6.34. The summed E-state index contributed by atoms with van der Waals surface area (Å²) in [5.41, 5.74) is 1.68. The van der Waals surface area contributed by atoms with Gasteiger partial charge in [-0.2, -0.15) is 0 Å². The van der Waals surface area contributed by atoms with E-state index in [-0.39, 0.29) is 20.8 Å². The van der Waals surface area contributed by atoms with Crippen LogP contribution in [0.5, 0.6) is 0 Å². The zero-order valence-electron chi connectivity index (χ0n) is 17.3. The van der Waals surface area contributed by atoms with Gasteiger partial charge in [-0.3, -0.25) is 9.59 Å². The third-order valence-corrected chi connectivity index (χ3v) is 8.97. The predicted molar refractivity (Wildman–Crippen MR) is 126 cm³/mol. The fourth-order valence-electron chi connectivity index (χ4n) is 3.54. The second-order valence-corrected chi connectivity index (χ2v) is 11.2. The van der Waals surface area contributed by atoms with Crippen LogP contribution in [0.3, 0.4) is 0 Å². The van der Waals surface area contributed by atoms with Crippen LogP contribution < -0.4 is 4.90 Å². The molecule has 166 valence electrons. The summed E-state index contributed by atoms with van der Waals surface area (Å²) in [7, 11) is -3.70. The summed E-state index contributed by atoms with van der Waals surface area (Å²) < 4.78 is 25.8. The number of anilines is 1. The van der Waals surface area contributed by atoms with Gasteiger partial charge >= 0.3 is 0 Å². The van der Waals surface area contributed by atoms with Crippen molar-refractivity contribution in [3.63, 3.8) is 0 Å². The first kappa shape index (κ1) is 22.5. The number of sulfone groups is 1. The highest BCUT2D eigenvalue weighted by Gasteiger charge is 2.26. The normalized spacial score (nSPS) is 14.4. The van der Waals surface area contributed by atoms with Crippen LogP contribution in [0.25, 0.3) is 0 Å². The first-order valence-corrected chi connectivity index (χ1v) is 12.7. The molecule has 0 bridgehead atoms. The van der Waals surface area contributed by atoms with Crippen LogP contribution in [0.4, 0.5) is 5.69 Å². The first-order valence-electron chi connectivity index (χ1n) is 10.0. The van der Waals surface area contributed by atoms with Gasteiger partial charge in [-0.1, -0.05) is 11.6 Å². The van der Waals surface area contributed by atoms with Crippen molar-refractivity contribution in [1.82, 2.24) is 4.90 Å². The van der Waals surface area contributed by atoms with E-state index in [0.29, 0.717) is 41.6 Å². The number of nitrogens with zero attached hydrogens (tertiary/aromatic N) is 2. The topological polar surface area (TPSA) is 74.8 Å². The molecule has 0 spiro atoms. The third-order valence-electron chi connectivity index (χ3n) is 5.39. The van der Waals surface area contributed by atoms with Crippen molar-refractivity contribution >= 4 is 50.2 Å². The number of ketones is 1. The lowest BCUT2D eigenvalue weighted by Gasteiger charge is -2.36. The van der Waals surface area contributed by atoms with Crippen LogP contribution in [0.1, 0.15) is 27.0 Å². The molecule has 1 amide bonds. The Morgan fingerprint density at radius 1 is 0.875 bits per heavy atom. The number of halogens is 1. The lowest BCUT2D eigenvalue weighted by atomic mass is 10.1. The van der Waals surface area contributed by atoms with Gasteiger partial charge in [-0.05, 0) is 67.6 Å². The highest BCUT2D eigenvalue weighted by molar-refractivity contribution is 7.93. The van der Waals surface area contributed by atoms with Crippen LogP contribution in [-0.4, -0.2) is 51.2 Å². The molecule has 9 heteroatoms. The highest BCUT2D eigenvalue weighted by atomic mass is 35.5. The Hall–Kier alpha value is -2.68. The monoisotopic (exact) mass is 488 g/mol. The van der Waals surface area contributed by atoms with Gasteiger partial charge in [-0.25, -0.2) is 8.42 Å². The van der Waals surface area contributed by atoms with Crippen molar-refractivity contribution in [3.05, 3.63) is 76.1 Å². The Kier molecular flexibility index (Phi) is 6.37. The van der Waals surface area contributed by atoms with Gasteiger partial charge in [0.05, 0.1) is 9.77 Å². The Labute approximate surface area is 196 Å². The molecule has 6 nitrogen and oxygen atoms in total. The second kappa shape index (κ2) is 9.05. The minimum Gasteiger partial charge on any atom is -0.368 e. The molecule has 3 aromatic rings. The lowest BCUT2D eigenvalue weighted by Crippen LogP contribution is -2.48. The van der Waals surface area contributed by atoms with Crippen molar-refractivity contribution < 1.29 is 18.0 Å². The molecule has 1 aliphatic rings. The van der Waals surface area contributed by atoms with Crippen molar-refractivity contribution in [2.24, 2.45) is 0 Å². The van der Waals surface area contributed by atoms with Gasteiger partial charge in [-0.15, -0.1) is 11.3 Å². The average molecular weight is 489 g/mol. The summed E-state index contributed by atoms with van der Waals surface area (Å²) in [4.78, 5) is 28.8. The van der Waals surface area contributed by atoms with E-state index in [1.807, 2.05) is 24.3 Å². The smallest absolute Gasteiger partial charge is 0.264 e. The molecule has 1 aliphatic heterocycles. The van der Waals surface area contributed by atoms with Gasteiger partial charge in [0.2, 0.25) is 9.84 Å². The molecule has 1 aromatic heterocycles. The molecule has 1 saturated heterocycles. The molecule has 0 unspecified atom stereocenters. The number of carbonyl (C=O) groups excluding carboxylic acids is 2. The van der Waals surface area contributed by atoms with Gasteiger partial charge in [0.1, 0.15) is 4.21 Å². The van der Waals surface area contributed by atoms with Crippen molar-refractivity contribution in [2.75, 3.05) is 31.1 Å². The minimum atomic E-state index is -3.70. The maximum absolute atomic E-state index is 13.0. The Morgan fingerprint density at radius 2 is 1.50 bits per heavy atom. The van der Waals surface area contributed by atoms with Gasteiger partial charge < -0.3 is 9.80 Å². The number of thiophene rings is 1. The van der Waals surface area contributed by atoms with Crippen LogP contribution in [-0.2, 0) is 9.84 Å². The lowest BCUT2D eigenvalue weighted by molar-refractivity contribution is 0.0751. The number of carbonyl (C=O) groups is 2. The SMILES string of the molecule is CC(=O)c1ccc(N2CCN(C(=O)c3ccc(S(=O)(=O)c4ccc(Cl)cc4)s3)CC2)cc1. The molecule has 2 heterocycles. The zero-order chi connectivity index (χ0) is 22.9. The van der Waals surface area contributed by atoms with Crippen LogP contribution in [0.15, 0.2) is 69.8 Å². The van der Waals surface area contributed by atoms with E-state index in [9.17, 15) is 18.0 Å². The molecule has 1 fully saturated rings. The maximum atomic E-state index is 13.0. The number of hydrogen-bond acceptors (Lipinski definition) is 6. The average Bonchev–Trinajstić information content (AvgIpc) is 3.30. The Morgan fingerprint density at radius 3 is 2.09 bits per heavy atom. The quantitative estimate of drug-likeness (QED) is 0.497. The Bertz CT molecular complexity index is 1240. The molecule has 0 saturated carbocycles. The number of rotatable bonds is 5. The summed E-state index contributed by atoms with van der Waals surface area (Å²) in [6.45, 7) is 3.92. The second-order valence-electron chi connectivity index (χ2n) is 7.46. The number of piperazine rings is 1. The summed E-state index contributed by atoms with van der Waals surface area (Å²) in [6, 6.07) is 16.5. The van der Waals surface area contributed by atoms with Gasteiger partial charge in [0, 0.05) is 42.5 Å². The number of benzene rings is 2. The zero-order valence-corrected chi connectivity index (χ0v) is 19.7. The van der Waals surface area contributed by atoms with E-state index in [0.717, 1.165) is 17.0 Å². The van der Waals surface area contributed by atoms with E-state index in [1.54, 1.807) is 11.0 Å². The summed E-state index contributed by atoms with van der Waals surface area (Å²) in [5.74, 6) is -0.139. The summed E-state index contributed by atoms with van der Waals surface area (Å²) >= 11 is 6.83. The summed E-state index contributed by atoms with van der Waals surface area (Å²) in [5, 5.41) is 0.458. The number of amides is 1. The van der Waals surface area contributed by atoms with Gasteiger partial charge in [0.15, 0.2) is 5.78 Å². The van der Waals surface area contributed by atoms with E-state index < -0.39 is 9.84 Å². The van der Waals surface area contributed by atoms with E-state index in [1.165, 1.54) is 37.3 Å². The molecule has 0 radical (unpaired) electrons. The standard InChI is InChI=1S/C23H21ClN2O4S2/c1-16(27)17-2-6-19(7-3-17)25-12-14-26(15-13-25)23(28)21-10-11-22(31-21)32(29,30)20-8-4-18(24)5-9-20/h2-11H,12-15H2,1H3. The van der Waals surface area contributed by atoms with Crippen LogP contribution in [0.2, 0.25) is 5.02 Å². The largest absolute Gasteiger partial charge is 0.368 e. The highest BCUT2D eigenvalue weighted by Crippen LogP contribution is 2.29. The van der Waals surface area contributed by atoms with Crippen molar-refractivity contribution in [2.45, 2.75) is 16.0 Å². The van der Waals surface area contributed by atoms with Crippen molar-refractivity contribution in [1.29, 1.82) is 0 Å². The Balaban J connectivity index is 1.42. The molecule has 4 rings (SSSR count). The first-order chi connectivity index (χ1) is 15.3. The number of hydrogen-bond donors (Lipinski definition) is 0. The fraction of sp³-hybridized carbons (Fsp3) is 0.217. The minimum absolute atomic E-state index is 0.0281. The van der Waals surface area contributed by atoms with Crippen LogP contribution >= 0.6 is 22.9 Å². The molecule has 32 heavy (non-hydrogen) atoms. The maximum Gasteiger partial charge on any atom is 0.264 e. The molecule has 0 aliphatic carbocycles. The number of Topliss-reactive ketones (excluding diaryl/α,β-unsaturated/α-hetero) is 1. The predicted octanol–water partition coefficient (Wildman–Crippen LogP) is 4.40.